The number of thioether (sulfide) groups is 1. The lowest BCUT2D eigenvalue weighted by molar-refractivity contribution is -0.112. The number of aryl methyl sites for hydroxylation is 2. The molecule has 0 aromatic heterocycles. The number of rotatable bonds is 3. The van der Waals surface area contributed by atoms with E-state index in [1.165, 1.54) is 28.5 Å². The summed E-state index contributed by atoms with van der Waals surface area (Å²) in [5.41, 5.74) is 5.92. The molecule has 160 valence electrons. The molecule has 0 bridgehead atoms. The summed E-state index contributed by atoms with van der Waals surface area (Å²) in [6.07, 6.45) is 4.95. The van der Waals surface area contributed by atoms with E-state index in [0.29, 0.717) is 16.2 Å². The van der Waals surface area contributed by atoms with Crippen LogP contribution < -0.4 is 10.6 Å². The third kappa shape index (κ3) is 4.21. The molecule has 0 saturated heterocycles. The van der Waals surface area contributed by atoms with E-state index in [4.69, 9.17) is 0 Å². The molecule has 1 aliphatic heterocycles. The van der Waals surface area contributed by atoms with Gasteiger partial charge in [-0.25, -0.2) is 0 Å². The van der Waals surface area contributed by atoms with Gasteiger partial charge in [-0.2, -0.15) is 0 Å². The van der Waals surface area contributed by atoms with Gasteiger partial charge in [-0.15, -0.1) is 0 Å². The van der Waals surface area contributed by atoms with Crippen molar-refractivity contribution in [2.24, 2.45) is 0 Å². The van der Waals surface area contributed by atoms with Crippen LogP contribution in [0.4, 0.5) is 5.69 Å². The predicted molar refractivity (Wildman–Crippen MR) is 130 cm³/mol. The Morgan fingerprint density at radius 2 is 1.91 bits per heavy atom. The lowest BCUT2D eigenvalue weighted by atomic mass is 9.87. The van der Waals surface area contributed by atoms with Gasteiger partial charge >= 0.3 is 0 Å². The Bertz CT molecular complexity index is 1230. The first kappa shape index (κ1) is 20.6. The van der Waals surface area contributed by atoms with E-state index in [0.717, 1.165) is 29.7 Å². The molecule has 3 aromatic rings. The van der Waals surface area contributed by atoms with Crippen molar-refractivity contribution in [2.45, 2.75) is 37.1 Å². The number of nitrogens with one attached hydrogen (secondary N) is 2. The van der Waals surface area contributed by atoms with Crippen LogP contribution in [0.1, 0.15) is 51.5 Å². The van der Waals surface area contributed by atoms with E-state index >= 15 is 0 Å². The van der Waals surface area contributed by atoms with E-state index in [1.807, 2.05) is 61.5 Å². The van der Waals surface area contributed by atoms with Crippen molar-refractivity contribution in [2.75, 3.05) is 5.32 Å². The second kappa shape index (κ2) is 8.67. The Morgan fingerprint density at radius 3 is 2.75 bits per heavy atom. The first-order chi connectivity index (χ1) is 15.6. The lowest BCUT2D eigenvalue weighted by Gasteiger charge is -2.26. The Kier molecular flexibility index (Phi) is 5.58. The summed E-state index contributed by atoms with van der Waals surface area (Å²) in [5.74, 6) is -0.267. The maximum absolute atomic E-state index is 13.0. The van der Waals surface area contributed by atoms with Crippen molar-refractivity contribution in [1.29, 1.82) is 0 Å². The molecule has 5 heteroatoms. The Balaban J connectivity index is 1.34. The summed E-state index contributed by atoms with van der Waals surface area (Å²) >= 11 is 1.43. The van der Waals surface area contributed by atoms with Crippen molar-refractivity contribution in [3.05, 3.63) is 99.5 Å². The smallest absolute Gasteiger partial charge is 0.262 e. The molecule has 1 heterocycles. The van der Waals surface area contributed by atoms with Crippen LogP contribution in [0.5, 0.6) is 0 Å². The summed E-state index contributed by atoms with van der Waals surface area (Å²) < 4.78 is 0. The van der Waals surface area contributed by atoms with Gasteiger partial charge in [0.15, 0.2) is 0 Å². The molecule has 0 spiro atoms. The number of anilines is 1. The standard InChI is InChI=1S/C27H24N2O2S/c1-17-9-11-18(12-10-17)15-25-27(31)29-23-16-20(13-14-24(23)32-25)26(30)28-22-8-4-6-19-5-2-3-7-21(19)22/h2-3,5,7,9-16,22H,4,6,8H2,1H3,(H,28,30)(H,29,31). The van der Waals surface area contributed by atoms with Gasteiger partial charge in [0.25, 0.3) is 11.8 Å². The van der Waals surface area contributed by atoms with E-state index < -0.39 is 0 Å². The number of fused-ring (bicyclic) bond motifs is 2. The summed E-state index contributed by atoms with van der Waals surface area (Å²) in [5, 5.41) is 6.13. The van der Waals surface area contributed by atoms with E-state index in [-0.39, 0.29) is 17.9 Å². The van der Waals surface area contributed by atoms with Crippen molar-refractivity contribution in [3.63, 3.8) is 0 Å². The molecule has 3 aromatic carbocycles. The van der Waals surface area contributed by atoms with Gasteiger partial charge in [0, 0.05) is 10.5 Å². The molecule has 2 amide bonds. The molecule has 2 aliphatic rings. The van der Waals surface area contributed by atoms with Crippen LogP contribution in [0.15, 0.2) is 76.5 Å². The molecule has 4 nitrogen and oxygen atoms in total. The zero-order valence-corrected chi connectivity index (χ0v) is 18.7. The maximum Gasteiger partial charge on any atom is 0.262 e. The fourth-order valence-corrected chi connectivity index (χ4v) is 5.19. The van der Waals surface area contributed by atoms with Gasteiger partial charge in [-0.05, 0) is 67.2 Å². The Hall–Kier alpha value is -3.31. The molecule has 1 unspecified atom stereocenters. The van der Waals surface area contributed by atoms with Crippen molar-refractivity contribution < 1.29 is 9.59 Å². The molecule has 1 atom stereocenters. The number of carbonyl (C=O) groups excluding carboxylic acids is 2. The average molecular weight is 441 g/mol. The van der Waals surface area contributed by atoms with Crippen LogP contribution in [0, 0.1) is 6.92 Å². The second-order valence-electron chi connectivity index (χ2n) is 8.30. The van der Waals surface area contributed by atoms with Gasteiger partial charge in [0.05, 0.1) is 16.6 Å². The number of hydrogen-bond acceptors (Lipinski definition) is 3. The second-order valence-corrected chi connectivity index (χ2v) is 9.39. The molecular weight excluding hydrogens is 416 g/mol. The number of carbonyl (C=O) groups is 2. The van der Waals surface area contributed by atoms with Crippen molar-refractivity contribution >= 4 is 35.3 Å². The Morgan fingerprint density at radius 1 is 1.09 bits per heavy atom. The fourth-order valence-electron chi connectivity index (χ4n) is 4.26. The molecule has 5 rings (SSSR count). The van der Waals surface area contributed by atoms with Crippen LogP contribution in [0.2, 0.25) is 0 Å². The van der Waals surface area contributed by atoms with E-state index in [2.05, 4.69) is 22.8 Å². The minimum absolute atomic E-state index is 0.0245. The van der Waals surface area contributed by atoms with Crippen molar-refractivity contribution in [3.8, 4) is 0 Å². The third-order valence-corrected chi connectivity index (χ3v) is 7.08. The number of amides is 2. The van der Waals surface area contributed by atoms with Crippen LogP contribution in [-0.2, 0) is 11.2 Å². The highest BCUT2D eigenvalue weighted by Crippen LogP contribution is 2.39. The monoisotopic (exact) mass is 440 g/mol. The zero-order chi connectivity index (χ0) is 22.1. The van der Waals surface area contributed by atoms with Crippen LogP contribution in [0.3, 0.4) is 0 Å². The fraction of sp³-hybridized carbons (Fsp3) is 0.185. The minimum Gasteiger partial charge on any atom is -0.345 e. The molecule has 0 fully saturated rings. The SMILES string of the molecule is Cc1ccc(C=C2Sc3ccc(C(=O)NC4CCCc5ccccc54)cc3NC2=O)cc1. The van der Waals surface area contributed by atoms with Gasteiger partial charge in [-0.3, -0.25) is 9.59 Å². The quantitative estimate of drug-likeness (QED) is 0.500. The maximum atomic E-state index is 13.0. The summed E-state index contributed by atoms with van der Waals surface area (Å²) in [4.78, 5) is 27.2. The van der Waals surface area contributed by atoms with Gasteiger partial charge in [-0.1, -0.05) is 65.9 Å². The van der Waals surface area contributed by atoms with Gasteiger partial charge in [0.1, 0.15) is 0 Å². The zero-order valence-electron chi connectivity index (χ0n) is 17.9. The first-order valence-electron chi connectivity index (χ1n) is 10.9. The van der Waals surface area contributed by atoms with Crippen LogP contribution in [0.25, 0.3) is 6.08 Å². The lowest BCUT2D eigenvalue weighted by Crippen LogP contribution is -2.31. The van der Waals surface area contributed by atoms with Crippen LogP contribution in [-0.4, -0.2) is 11.8 Å². The molecule has 0 radical (unpaired) electrons. The Labute approximate surface area is 192 Å². The molecule has 32 heavy (non-hydrogen) atoms. The van der Waals surface area contributed by atoms with Gasteiger partial charge in [0.2, 0.25) is 0 Å². The first-order valence-corrected chi connectivity index (χ1v) is 11.7. The molecular formula is C27H24N2O2S. The predicted octanol–water partition coefficient (Wildman–Crippen LogP) is 5.89. The minimum atomic E-state index is -0.151. The van der Waals surface area contributed by atoms with E-state index in [9.17, 15) is 9.59 Å². The largest absolute Gasteiger partial charge is 0.345 e. The molecule has 1 aliphatic carbocycles. The van der Waals surface area contributed by atoms with Gasteiger partial charge < -0.3 is 10.6 Å². The summed E-state index contributed by atoms with van der Waals surface area (Å²) in [6, 6.07) is 21.9. The van der Waals surface area contributed by atoms with Crippen LogP contribution >= 0.6 is 11.8 Å². The third-order valence-electron chi connectivity index (χ3n) is 5.98. The highest BCUT2D eigenvalue weighted by atomic mass is 32.2. The van der Waals surface area contributed by atoms with E-state index in [1.54, 1.807) is 6.07 Å². The number of benzene rings is 3. The van der Waals surface area contributed by atoms with Crippen molar-refractivity contribution in [1.82, 2.24) is 5.32 Å². The highest BCUT2D eigenvalue weighted by Gasteiger charge is 2.25. The summed E-state index contributed by atoms with van der Waals surface area (Å²) in [7, 11) is 0. The average Bonchev–Trinajstić information content (AvgIpc) is 2.81. The normalized spacial score (nSPS) is 18.5. The molecule has 2 N–H and O–H groups in total. The topological polar surface area (TPSA) is 58.2 Å². The molecule has 0 saturated carbocycles. The number of hydrogen-bond donors (Lipinski definition) is 2. The summed E-state index contributed by atoms with van der Waals surface area (Å²) in [6.45, 7) is 2.04. The highest BCUT2D eigenvalue weighted by molar-refractivity contribution is 8.04.